The van der Waals surface area contributed by atoms with Crippen molar-refractivity contribution in [1.82, 2.24) is 10.3 Å². The summed E-state index contributed by atoms with van der Waals surface area (Å²) in [7, 11) is 0. The highest BCUT2D eigenvalue weighted by Gasteiger charge is 2.30. The molecule has 1 heterocycles. The first-order valence-corrected chi connectivity index (χ1v) is 9.61. The third kappa shape index (κ3) is 4.79. The summed E-state index contributed by atoms with van der Waals surface area (Å²) in [6.45, 7) is 10.1. The van der Waals surface area contributed by atoms with Crippen molar-refractivity contribution in [2.45, 2.75) is 78.7 Å². The molecule has 1 N–H and O–H groups in total. The number of nitrogens with one attached hydrogen (secondary N) is 1. The Kier molecular flexibility index (Phi) is 6.69. The van der Waals surface area contributed by atoms with Crippen molar-refractivity contribution in [2.75, 3.05) is 6.54 Å². The van der Waals surface area contributed by atoms with Crippen LogP contribution in [0.1, 0.15) is 68.0 Å². The van der Waals surface area contributed by atoms with Crippen LogP contribution in [-0.2, 0) is 6.42 Å². The van der Waals surface area contributed by atoms with Crippen LogP contribution >= 0.6 is 11.3 Å². The van der Waals surface area contributed by atoms with Gasteiger partial charge >= 0.3 is 0 Å². The van der Waals surface area contributed by atoms with Crippen LogP contribution in [0.25, 0.3) is 0 Å². The molecule has 0 radical (unpaired) electrons. The molecular formula is C18H32N2S. The number of aromatic nitrogens is 1. The lowest BCUT2D eigenvalue weighted by Crippen LogP contribution is -2.42. The zero-order chi connectivity index (χ0) is 15.2. The fourth-order valence-corrected chi connectivity index (χ4v) is 4.73. The van der Waals surface area contributed by atoms with Gasteiger partial charge in [-0.3, -0.25) is 0 Å². The molecule has 120 valence electrons. The molecule has 0 spiro atoms. The van der Waals surface area contributed by atoms with E-state index in [9.17, 15) is 0 Å². The van der Waals surface area contributed by atoms with Crippen molar-refractivity contribution in [1.29, 1.82) is 0 Å². The van der Waals surface area contributed by atoms with Gasteiger partial charge in [-0.2, -0.15) is 0 Å². The molecule has 0 amide bonds. The van der Waals surface area contributed by atoms with Crippen molar-refractivity contribution in [3.8, 4) is 0 Å². The largest absolute Gasteiger partial charge is 0.314 e. The predicted octanol–water partition coefficient (Wildman–Crippen LogP) is 4.89. The monoisotopic (exact) mass is 308 g/mol. The molecule has 1 saturated carbocycles. The highest BCUT2D eigenvalue weighted by molar-refractivity contribution is 7.11. The van der Waals surface area contributed by atoms with Crippen LogP contribution in [0.3, 0.4) is 0 Å². The number of aryl methyl sites for hydroxylation is 2. The number of thiazole rings is 1. The van der Waals surface area contributed by atoms with Crippen LogP contribution in [0.4, 0.5) is 0 Å². The number of hydrogen-bond acceptors (Lipinski definition) is 3. The highest BCUT2D eigenvalue weighted by atomic mass is 32.1. The van der Waals surface area contributed by atoms with Crippen LogP contribution in [0.15, 0.2) is 0 Å². The van der Waals surface area contributed by atoms with E-state index in [1.165, 1.54) is 60.5 Å². The van der Waals surface area contributed by atoms with E-state index >= 15 is 0 Å². The summed E-state index contributed by atoms with van der Waals surface area (Å²) in [5.74, 6) is 1.73. The topological polar surface area (TPSA) is 24.9 Å². The molecule has 0 aliphatic heterocycles. The van der Waals surface area contributed by atoms with Gasteiger partial charge < -0.3 is 5.32 Å². The van der Waals surface area contributed by atoms with Crippen molar-refractivity contribution in [2.24, 2.45) is 11.8 Å². The Morgan fingerprint density at radius 1 is 1.19 bits per heavy atom. The Morgan fingerprint density at radius 3 is 2.62 bits per heavy atom. The Balaban J connectivity index is 2.01. The Morgan fingerprint density at radius 2 is 2.00 bits per heavy atom. The molecule has 3 atom stereocenters. The molecule has 2 rings (SSSR count). The summed E-state index contributed by atoms with van der Waals surface area (Å²) >= 11 is 1.91. The normalized spacial score (nSPS) is 26.2. The SMILES string of the molecule is CCCNC1CCC(CCC)CC1Cc1nc(C)c(C)s1. The third-order valence-electron chi connectivity index (χ3n) is 4.95. The third-order valence-corrected chi connectivity index (χ3v) is 6.05. The summed E-state index contributed by atoms with van der Waals surface area (Å²) in [5.41, 5.74) is 1.23. The Hall–Kier alpha value is -0.410. The van der Waals surface area contributed by atoms with Gasteiger partial charge in [-0.05, 0) is 57.9 Å². The smallest absolute Gasteiger partial charge is 0.0934 e. The predicted molar refractivity (Wildman–Crippen MR) is 93.1 cm³/mol. The van der Waals surface area contributed by atoms with E-state index in [4.69, 9.17) is 4.98 Å². The summed E-state index contributed by atoms with van der Waals surface area (Å²) in [6, 6.07) is 0.711. The van der Waals surface area contributed by atoms with Gasteiger partial charge in [0.05, 0.1) is 10.7 Å². The fourth-order valence-electron chi connectivity index (χ4n) is 3.71. The molecule has 3 heteroatoms. The van der Waals surface area contributed by atoms with Gasteiger partial charge in [0.2, 0.25) is 0 Å². The van der Waals surface area contributed by atoms with E-state index in [1.54, 1.807) is 0 Å². The average Bonchev–Trinajstić information content (AvgIpc) is 2.77. The molecule has 1 aromatic heterocycles. The minimum Gasteiger partial charge on any atom is -0.314 e. The quantitative estimate of drug-likeness (QED) is 0.776. The summed E-state index contributed by atoms with van der Waals surface area (Å²) in [6.07, 6.45) is 9.33. The molecule has 0 aromatic carbocycles. The summed E-state index contributed by atoms with van der Waals surface area (Å²) in [5, 5.41) is 5.16. The second kappa shape index (κ2) is 8.28. The van der Waals surface area contributed by atoms with Gasteiger partial charge in [-0.25, -0.2) is 4.98 Å². The first-order valence-electron chi connectivity index (χ1n) is 8.80. The number of hydrogen-bond donors (Lipinski definition) is 1. The van der Waals surface area contributed by atoms with Crippen LogP contribution < -0.4 is 5.32 Å². The van der Waals surface area contributed by atoms with Gasteiger partial charge in [0, 0.05) is 17.3 Å². The average molecular weight is 309 g/mol. The minimum absolute atomic E-state index is 0.711. The molecule has 0 bridgehead atoms. The summed E-state index contributed by atoms with van der Waals surface area (Å²) < 4.78 is 0. The van der Waals surface area contributed by atoms with Crippen molar-refractivity contribution in [3.05, 3.63) is 15.6 Å². The maximum absolute atomic E-state index is 4.78. The maximum Gasteiger partial charge on any atom is 0.0934 e. The summed E-state index contributed by atoms with van der Waals surface area (Å²) in [4.78, 5) is 6.17. The Labute approximate surface area is 134 Å². The van der Waals surface area contributed by atoms with Crippen molar-refractivity contribution < 1.29 is 0 Å². The number of rotatable bonds is 7. The van der Waals surface area contributed by atoms with Crippen LogP contribution in [0.5, 0.6) is 0 Å². The molecule has 2 nitrogen and oxygen atoms in total. The van der Waals surface area contributed by atoms with E-state index in [1.807, 2.05) is 11.3 Å². The molecule has 1 aliphatic rings. The van der Waals surface area contributed by atoms with Crippen molar-refractivity contribution >= 4 is 11.3 Å². The van der Waals surface area contributed by atoms with Crippen LogP contribution in [0, 0.1) is 25.7 Å². The zero-order valence-corrected chi connectivity index (χ0v) is 15.1. The van der Waals surface area contributed by atoms with Gasteiger partial charge in [-0.1, -0.05) is 26.7 Å². The van der Waals surface area contributed by atoms with Gasteiger partial charge in [0.25, 0.3) is 0 Å². The maximum atomic E-state index is 4.78. The Bertz CT molecular complexity index is 407. The second-order valence-electron chi connectivity index (χ2n) is 6.74. The first kappa shape index (κ1) is 17.0. The van der Waals surface area contributed by atoms with Gasteiger partial charge in [0.1, 0.15) is 0 Å². The van der Waals surface area contributed by atoms with Gasteiger partial charge in [0.15, 0.2) is 0 Å². The van der Waals surface area contributed by atoms with E-state index in [0.717, 1.165) is 18.4 Å². The molecular weight excluding hydrogens is 276 g/mol. The first-order chi connectivity index (χ1) is 10.1. The van der Waals surface area contributed by atoms with E-state index in [0.29, 0.717) is 6.04 Å². The zero-order valence-electron chi connectivity index (χ0n) is 14.2. The number of nitrogens with zero attached hydrogens (tertiary/aromatic N) is 1. The fraction of sp³-hybridized carbons (Fsp3) is 0.833. The standard InChI is InChI=1S/C18H32N2S/c1-5-7-15-8-9-17(19-10-6-2)16(11-15)12-18-20-13(3)14(4)21-18/h15-17,19H,5-12H2,1-4H3. The lowest BCUT2D eigenvalue weighted by molar-refractivity contribution is 0.193. The molecule has 1 aromatic rings. The van der Waals surface area contributed by atoms with Crippen LogP contribution in [-0.4, -0.2) is 17.6 Å². The lowest BCUT2D eigenvalue weighted by Gasteiger charge is -2.36. The van der Waals surface area contributed by atoms with E-state index < -0.39 is 0 Å². The van der Waals surface area contributed by atoms with Crippen LogP contribution in [0.2, 0.25) is 0 Å². The molecule has 0 saturated heterocycles. The van der Waals surface area contributed by atoms with Gasteiger partial charge in [-0.15, -0.1) is 11.3 Å². The van der Waals surface area contributed by atoms with E-state index in [2.05, 4.69) is 33.0 Å². The second-order valence-corrected chi connectivity index (χ2v) is 8.03. The molecule has 21 heavy (non-hydrogen) atoms. The molecule has 3 unspecified atom stereocenters. The van der Waals surface area contributed by atoms with Crippen molar-refractivity contribution in [3.63, 3.8) is 0 Å². The lowest BCUT2D eigenvalue weighted by atomic mass is 9.75. The highest BCUT2D eigenvalue weighted by Crippen LogP contribution is 2.35. The molecule has 1 fully saturated rings. The minimum atomic E-state index is 0.711. The molecule has 1 aliphatic carbocycles. The van der Waals surface area contributed by atoms with E-state index in [-0.39, 0.29) is 0 Å².